The number of pyridine rings is 1. The number of nitrogens with zero attached hydrogens (tertiary/aromatic N) is 1. The lowest BCUT2D eigenvalue weighted by Gasteiger charge is -2.27. The average Bonchev–Trinajstić information content (AvgIpc) is 2.27. The number of aromatic nitrogens is 1. The van der Waals surface area contributed by atoms with Crippen LogP contribution in [0.15, 0.2) is 10.9 Å². The quantitative estimate of drug-likeness (QED) is 0.809. The van der Waals surface area contributed by atoms with E-state index in [0.29, 0.717) is 25.6 Å². The number of fused-ring (bicyclic) bond motifs is 1. The van der Waals surface area contributed by atoms with Gasteiger partial charge in [-0.2, -0.15) is 13.2 Å². The number of halogens is 3. The first kappa shape index (κ1) is 12.9. The van der Waals surface area contributed by atoms with Crippen LogP contribution in [0.25, 0.3) is 0 Å². The largest absolute Gasteiger partial charge is 0.417 e. The van der Waals surface area contributed by atoms with Gasteiger partial charge in [0.05, 0.1) is 5.56 Å². The van der Waals surface area contributed by atoms with E-state index in [4.69, 9.17) is 5.73 Å². The van der Waals surface area contributed by atoms with Gasteiger partial charge in [-0.1, -0.05) is 0 Å². The van der Waals surface area contributed by atoms with E-state index in [-0.39, 0.29) is 11.4 Å². The fourth-order valence-corrected chi connectivity index (χ4v) is 2.21. The molecule has 4 nitrogen and oxygen atoms in total. The van der Waals surface area contributed by atoms with Gasteiger partial charge in [0.1, 0.15) is 5.82 Å². The second kappa shape index (κ2) is 4.31. The summed E-state index contributed by atoms with van der Waals surface area (Å²) in [5, 5.41) is 2.85. The summed E-state index contributed by atoms with van der Waals surface area (Å²) >= 11 is 0. The molecule has 1 unspecified atom stereocenters. The van der Waals surface area contributed by atoms with E-state index >= 15 is 0 Å². The van der Waals surface area contributed by atoms with Crippen molar-refractivity contribution in [2.24, 2.45) is 5.73 Å². The predicted octanol–water partition coefficient (Wildman–Crippen LogP) is 1.70. The zero-order valence-corrected chi connectivity index (χ0v) is 9.84. The molecule has 100 valence electrons. The lowest BCUT2D eigenvalue weighted by molar-refractivity contribution is -0.138. The van der Waals surface area contributed by atoms with Gasteiger partial charge in [-0.15, -0.1) is 0 Å². The van der Waals surface area contributed by atoms with Crippen LogP contribution in [0.5, 0.6) is 0 Å². The number of rotatable bonds is 1. The molecule has 0 amide bonds. The van der Waals surface area contributed by atoms with Crippen LogP contribution in [0, 0.1) is 0 Å². The third-order valence-corrected chi connectivity index (χ3v) is 2.96. The Balaban J connectivity index is 2.76. The minimum atomic E-state index is -4.57. The first-order chi connectivity index (χ1) is 8.32. The molecule has 1 atom stereocenters. The van der Waals surface area contributed by atoms with Crippen molar-refractivity contribution in [1.29, 1.82) is 0 Å². The van der Waals surface area contributed by atoms with Crippen molar-refractivity contribution in [2.75, 3.05) is 11.9 Å². The van der Waals surface area contributed by atoms with Crippen molar-refractivity contribution in [3.05, 3.63) is 27.5 Å². The van der Waals surface area contributed by atoms with Crippen molar-refractivity contribution in [1.82, 2.24) is 4.57 Å². The van der Waals surface area contributed by atoms with Gasteiger partial charge in [-0.05, 0) is 13.3 Å². The van der Waals surface area contributed by atoms with Crippen LogP contribution < -0.4 is 16.6 Å². The zero-order valence-electron chi connectivity index (χ0n) is 9.84. The summed E-state index contributed by atoms with van der Waals surface area (Å²) < 4.78 is 40.1. The summed E-state index contributed by atoms with van der Waals surface area (Å²) in [6, 6.07) is -0.163. The number of nitrogens with two attached hydrogens (primary N) is 1. The molecule has 0 aliphatic carbocycles. The Morgan fingerprint density at radius 1 is 1.50 bits per heavy atom. The highest BCUT2D eigenvalue weighted by Gasteiger charge is 2.37. The third kappa shape index (κ3) is 2.10. The maximum absolute atomic E-state index is 12.9. The van der Waals surface area contributed by atoms with Crippen molar-refractivity contribution in [3.8, 4) is 0 Å². The lowest BCUT2D eigenvalue weighted by atomic mass is 10.0. The van der Waals surface area contributed by atoms with E-state index in [2.05, 4.69) is 5.32 Å². The molecule has 0 fully saturated rings. The molecular weight excluding hydrogens is 247 g/mol. The number of hydrogen-bond donors (Lipinski definition) is 2. The average molecular weight is 261 g/mol. The molecule has 0 saturated carbocycles. The third-order valence-electron chi connectivity index (χ3n) is 2.96. The molecule has 0 aromatic carbocycles. The molecule has 0 spiro atoms. The molecule has 0 bridgehead atoms. The molecule has 2 heterocycles. The van der Waals surface area contributed by atoms with Crippen LogP contribution >= 0.6 is 0 Å². The summed E-state index contributed by atoms with van der Waals surface area (Å²) in [4.78, 5) is 11.7. The molecule has 1 aliphatic rings. The Labute approximate surface area is 102 Å². The minimum Gasteiger partial charge on any atom is -0.371 e. The molecule has 3 N–H and O–H groups in total. The Bertz CT molecular complexity index is 519. The van der Waals surface area contributed by atoms with E-state index in [1.54, 1.807) is 0 Å². The van der Waals surface area contributed by atoms with E-state index in [0.717, 1.165) is 0 Å². The number of alkyl halides is 3. The highest BCUT2D eigenvalue weighted by atomic mass is 19.4. The molecule has 18 heavy (non-hydrogen) atoms. The van der Waals surface area contributed by atoms with Crippen molar-refractivity contribution in [3.63, 3.8) is 0 Å². The van der Waals surface area contributed by atoms with Gasteiger partial charge in [-0.25, -0.2) is 0 Å². The van der Waals surface area contributed by atoms with Crippen LogP contribution in [0.2, 0.25) is 0 Å². The van der Waals surface area contributed by atoms with Gasteiger partial charge in [-0.3, -0.25) is 9.36 Å². The van der Waals surface area contributed by atoms with Crippen LogP contribution in [0.1, 0.15) is 30.5 Å². The molecule has 1 aromatic rings. The summed E-state index contributed by atoms with van der Waals surface area (Å²) in [6.45, 7) is 2.44. The van der Waals surface area contributed by atoms with Crippen LogP contribution in [-0.2, 0) is 12.7 Å². The molecular formula is C11H14F3N3O. The molecule has 1 aromatic heterocycles. The Hall–Kier alpha value is -1.50. The van der Waals surface area contributed by atoms with E-state index < -0.39 is 23.3 Å². The lowest BCUT2D eigenvalue weighted by Crippen LogP contribution is -2.33. The molecule has 0 radical (unpaired) electrons. The van der Waals surface area contributed by atoms with Gasteiger partial charge in [0, 0.05) is 30.8 Å². The minimum absolute atomic E-state index is 0.0400. The normalized spacial score (nSPS) is 16.9. The maximum Gasteiger partial charge on any atom is 0.417 e. The number of hydrogen-bond acceptors (Lipinski definition) is 3. The highest BCUT2D eigenvalue weighted by molar-refractivity contribution is 5.53. The second-order valence-corrected chi connectivity index (χ2v) is 4.38. The maximum atomic E-state index is 12.9. The fraction of sp³-hybridized carbons (Fsp3) is 0.545. The van der Waals surface area contributed by atoms with E-state index in [1.165, 1.54) is 11.5 Å². The second-order valence-electron chi connectivity index (χ2n) is 4.38. The van der Waals surface area contributed by atoms with E-state index in [9.17, 15) is 18.0 Å². The summed E-state index contributed by atoms with van der Waals surface area (Å²) in [5.74, 6) is 0.205. The number of anilines is 1. The Morgan fingerprint density at radius 2 is 2.17 bits per heavy atom. The van der Waals surface area contributed by atoms with Crippen molar-refractivity contribution in [2.45, 2.75) is 32.1 Å². The van der Waals surface area contributed by atoms with Crippen LogP contribution in [0.3, 0.4) is 0 Å². The highest BCUT2D eigenvalue weighted by Crippen LogP contribution is 2.37. The molecule has 1 aliphatic heterocycles. The summed E-state index contributed by atoms with van der Waals surface area (Å²) in [5.41, 5.74) is 4.00. The first-order valence-electron chi connectivity index (χ1n) is 5.66. The summed E-state index contributed by atoms with van der Waals surface area (Å²) in [6.07, 6.45) is -3.87. The van der Waals surface area contributed by atoms with Gasteiger partial charge in [0.25, 0.3) is 5.56 Å². The SMILES string of the molecule is CC(N)c1c(C(F)(F)F)cc(=O)n2c1NCCC2. The standard InChI is InChI=1S/C11H14F3N3O/c1-6(15)9-7(11(12,13)14)5-8(18)17-4-2-3-16-10(9)17/h5-6,16H,2-4,15H2,1H3. The van der Waals surface area contributed by atoms with Crippen molar-refractivity contribution < 1.29 is 13.2 Å². The van der Waals surface area contributed by atoms with Crippen LogP contribution in [-0.4, -0.2) is 11.1 Å². The number of nitrogens with one attached hydrogen (secondary N) is 1. The monoisotopic (exact) mass is 261 g/mol. The van der Waals surface area contributed by atoms with Crippen molar-refractivity contribution >= 4 is 5.82 Å². The van der Waals surface area contributed by atoms with Gasteiger partial charge >= 0.3 is 6.18 Å². The van der Waals surface area contributed by atoms with Gasteiger partial charge in [0.2, 0.25) is 0 Å². The smallest absolute Gasteiger partial charge is 0.371 e. The van der Waals surface area contributed by atoms with E-state index in [1.807, 2.05) is 0 Å². The zero-order chi connectivity index (χ0) is 13.5. The van der Waals surface area contributed by atoms with Gasteiger partial charge < -0.3 is 11.1 Å². The Kier molecular flexibility index (Phi) is 3.10. The molecule has 2 rings (SSSR count). The molecule has 0 saturated heterocycles. The molecule has 7 heteroatoms. The predicted molar refractivity (Wildman–Crippen MR) is 61.4 cm³/mol. The fourth-order valence-electron chi connectivity index (χ4n) is 2.21. The summed E-state index contributed by atoms with van der Waals surface area (Å²) in [7, 11) is 0. The van der Waals surface area contributed by atoms with Crippen LogP contribution in [0.4, 0.5) is 19.0 Å². The topological polar surface area (TPSA) is 60.1 Å². The Morgan fingerprint density at radius 3 is 2.72 bits per heavy atom. The van der Waals surface area contributed by atoms with Gasteiger partial charge in [0.15, 0.2) is 0 Å². The first-order valence-corrected chi connectivity index (χ1v) is 5.66.